The SMILES string of the molecule is Cc1[nH]nc(CC(F)F)c1C(=O)O. The lowest BCUT2D eigenvalue weighted by Crippen LogP contribution is -2.05. The first-order valence-electron chi connectivity index (χ1n) is 3.57. The molecule has 1 rings (SSSR count). The smallest absolute Gasteiger partial charge is 0.339 e. The molecule has 72 valence electrons. The van der Waals surface area contributed by atoms with Gasteiger partial charge in [0.2, 0.25) is 6.43 Å². The van der Waals surface area contributed by atoms with E-state index >= 15 is 0 Å². The number of halogens is 2. The minimum atomic E-state index is -2.58. The summed E-state index contributed by atoms with van der Waals surface area (Å²) in [5, 5.41) is 14.5. The van der Waals surface area contributed by atoms with Crippen molar-refractivity contribution in [1.29, 1.82) is 0 Å². The maximum absolute atomic E-state index is 11.9. The summed E-state index contributed by atoms with van der Waals surface area (Å²) >= 11 is 0. The lowest BCUT2D eigenvalue weighted by Gasteiger charge is -1.97. The van der Waals surface area contributed by atoms with Crippen LogP contribution in [0, 0.1) is 6.92 Å². The molecule has 2 N–H and O–H groups in total. The second kappa shape index (κ2) is 3.51. The van der Waals surface area contributed by atoms with Gasteiger partial charge in [0, 0.05) is 5.69 Å². The summed E-state index contributed by atoms with van der Waals surface area (Å²) in [6.45, 7) is 1.48. The summed E-state index contributed by atoms with van der Waals surface area (Å²) in [7, 11) is 0. The molecule has 4 nitrogen and oxygen atoms in total. The highest BCUT2D eigenvalue weighted by Crippen LogP contribution is 2.13. The lowest BCUT2D eigenvalue weighted by atomic mass is 10.1. The molecule has 0 aliphatic rings. The summed E-state index contributed by atoms with van der Waals surface area (Å²) in [6, 6.07) is 0. The summed E-state index contributed by atoms with van der Waals surface area (Å²) in [4.78, 5) is 10.6. The van der Waals surface area contributed by atoms with Crippen molar-refractivity contribution < 1.29 is 18.7 Å². The van der Waals surface area contributed by atoms with Gasteiger partial charge in [-0.25, -0.2) is 13.6 Å². The number of carboxylic acid groups (broad SMARTS) is 1. The van der Waals surface area contributed by atoms with Crippen molar-refractivity contribution in [1.82, 2.24) is 10.2 Å². The normalized spacial score (nSPS) is 10.8. The number of carbonyl (C=O) groups is 1. The molecule has 0 saturated heterocycles. The second-order valence-corrected chi connectivity index (χ2v) is 2.57. The molecule has 0 amide bonds. The molecule has 0 aliphatic carbocycles. The first kappa shape index (κ1) is 9.63. The molecule has 0 aliphatic heterocycles. The molecular formula is C7H8F2N2O2. The zero-order valence-electron chi connectivity index (χ0n) is 6.84. The molecule has 0 radical (unpaired) electrons. The van der Waals surface area contributed by atoms with Gasteiger partial charge in [0.05, 0.1) is 12.1 Å². The number of aromatic nitrogens is 2. The fourth-order valence-electron chi connectivity index (χ4n) is 1.06. The van der Waals surface area contributed by atoms with Crippen LogP contribution in [0.4, 0.5) is 8.78 Å². The van der Waals surface area contributed by atoms with E-state index in [1.807, 2.05) is 0 Å². The molecule has 1 aromatic heterocycles. The third-order valence-corrected chi connectivity index (χ3v) is 1.58. The Hall–Kier alpha value is -1.46. The van der Waals surface area contributed by atoms with Gasteiger partial charge in [0.1, 0.15) is 5.56 Å². The highest BCUT2D eigenvalue weighted by molar-refractivity contribution is 5.90. The first-order chi connectivity index (χ1) is 6.02. The highest BCUT2D eigenvalue weighted by atomic mass is 19.3. The van der Waals surface area contributed by atoms with Gasteiger partial charge in [0.25, 0.3) is 0 Å². The van der Waals surface area contributed by atoms with Crippen LogP contribution in [0.5, 0.6) is 0 Å². The van der Waals surface area contributed by atoms with Crippen molar-refractivity contribution in [3.05, 3.63) is 17.0 Å². The quantitative estimate of drug-likeness (QED) is 0.753. The number of hydrogen-bond acceptors (Lipinski definition) is 2. The largest absolute Gasteiger partial charge is 0.478 e. The fraction of sp³-hybridized carbons (Fsp3) is 0.429. The van der Waals surface area contributed by atoms with Crippen LogP contribution in [0.3, 0.4) is 0 Å². The monoisotopic (exact) mass is 190 g/mol. The van der Waals surface area contributed by atoms with Gasteiger partial charge >= 0.3 is 5.97 Å². The number of aryl methyl sites for hydroxylation is 1. The number of carboxylic acids is 1. The Bertz CT molecular complexity index is 322. The molecular weight excluding hydrogens is 182 g/mol. The third-order valence-electron chi connectivity index (χ3n) is 1.58. The Labute approximate surface area is 72.6 Å². The van der Waals surface area contributed by atoms with Crippen molar-refractivity contribution in [2.45, 2.75) is 19.8 Å². The van der Waals surface area contributed by atoms with Crippen LogP contribution in [0.15, 0.2) is 0 Å². The average molecular weight is 190 g/mol. The van der Waals surface area contributed by atoms with Gasteiger partial charge in [-0.05, 0) is 6.92 Å². The van der Waals surface area contributed by atoms with E-state index in [1.54, 1.807) is 0 Å². The standard InChI is InChI=1S/C7H8F2N2O2/c1-3-6(7(12)13)4(11-10-3)2-5(8)9/h5H,2H2,1H3,(H,10,11)(H,12,13). The highest BCUT2D eigenvalue weighted by Gasteiger charge is 2.19. The van der Waals surface area contributed by atoms with Crippen molar-refractivity contribution in [2.75, 3.05) is 0 Å². The third kappa shape index (κ3) is 2.01. The lowest BCUT2D eigenvalue weighted by molar-refractivity contribution is 0.0693. The molecule has 1 aromatic rings. The zero-order chi connectivity index (χ0) is 10.0. The molecule has 0 aromatic carbocycles. The van der Waals surface area contributed by atoms with E-state index in [0.717, 1.165) is 0 Å². The number of hydrogen-bond donors (Lipinski definition) is 2. The van der Waals surface area contributed by atoms with E-state index < -0.39 is 18.8 Å². The van der Waals surface area contributed by atoms with Gasteiger partial charge in [-0.2, -0.15) is 5.10 Å². The van der Waals surface area contributed by atoms with Crippen LogP contribution < -0.4 is 0 Å². The Morgan fingerprint density at radius 3 is 2.77 bits per heavy atom. The first-order valence-corrected chi connectivity index (χ1v) is 3.57. The van der Waals surface area contributed by atoms with E-state index in [1.165, 1.54) is 6.92 Å². The number of alkyl halides is 2. The molecule has 13 heavy (non-hydrogen) atoms. The molecule has 0 fully saturated rings. The van der Waals surface area contributed by atoms with Crippen LogP contribution >= 0.6 is 0 Å². The summed E-state index contributed by atoms with van der Waals surface area (Å²) in [6.07, 6.45) is -3.22. The van der Waals surface area contributed by atoms with Crippen molar-refractivity contribution in [3.8, 4) is 0 Å². The second-order valence-electron chi connectivity index (χ2n) is 2.57. The van der Waals surface area contributed by atoms with Gasteiger partial charge in [-0.1, -0.05) is 0 Å². The van der Waals surface area contributed by atoms with Crippen LogP contribution in [0.25, 0.3) is 0 Å². The van der Waals surface area contributed by atoms with E-state index in [2.05, 4.69) is 10.2 Å². The van der Waals surface area contributed by atoms with Gasteiger partial charge in [-0.15, -0.1) is 0 Å². The number of nitrogens with zero attached hydrogens (tertiary/aromatic N) is 1. The molecule has 1 heterocycles. The van der Waals surface area contributed by atoms with E-state index in [0.29, 0.717) is 5.69 Å². The minimum absolute atomic E-state index is 0.0972. The van der Waals surface area contributed by atoms with Crippen LogP contribution in [0.1, 0.15) is 21.7 Å². The topological polar surface area (TPSA) is 66.0 Å². The Kier molecular flexibility index (Phi) is 2.60. The fourth-order valence-corrected chi connectivity index (χ4v) is 1.06. The summed E-state index contributed by atoms with van der Waals surface area (Å²) < 4.78 is 23.9. The number of rotatable bonds is 3. The molecule has 6 heteroatoms. The van der Waals surface area contributed by atoms with Crippen LogP contribution in [0.2, 0.25) is 0 Å². The van der Waals surface area contributed by atoms with Crippen molar-refractivity contribution >= 4 is 5.97 Å². The Morgan fingerprint density at radius 1 is 1.69 bits per heavy atom. The molecule has 0 spiro atoms. The predicted molar refractivity (Wildman–Crippen MR) is 40.0 cm³/mol. The Balaban J connectivity index is 3.00. The van der Waals surface area contributed by atoms with Gasteiger partial charge in [0.15, 0.2) is 0 Å². The number of H-pyrrole nitrogens is 1. The van der Waals surface area contributed by atoms with Crippen molar-refractivity contribution in [3.63, 3.8) is 0 Å². The van der Waals surface area contributed by atoms with E-state index in [9.17, 15) is 13.6 Å². The molecule has 0 unspecified atom stereocenters. The maximum atomic E-state index is 11.9. The number of aromatic carboxylic acids is 1. The van der Waals surface area contributed by atoms with Gasteiger partial charge < -0.3 is 5.11 Å². The average Bonchev–Trinajstić information content (AvgIpc) is 2.30. The van der Waals surface area contributed by atoms with Gasteiger partial charge in [-0.3, -0.25) is 5.10 Å². The van der Waals surface area contributed by atoms with Crippen LogP contribution in [-0.2, 0) is 6.42 Å². The molecule has 0 saturated carbocycles. The zero-order valence-corrected chi connectivity index (χ0v) is 6.84. The van der Waals surface area contributed by atoms with E-state index in [4.69, 9.17) is 5.11 Å². The summed E-state index contributed by atoms with van der Waals surface area (Å²) in [5.74, 6) is -1.23. The Morgan fingerprint density at radius 2 is 2.31 bits per heavy atom. The van der Waals surface area contributed by atoms with Crippen molar-refractivity contribution in [2.24, 2.45) is 0 Å². The number of aromatic amines is 1. The number of nitrogens with one attached hydrogen (secondary N) is 1. The van der Waals surface area contributed by atoms with E-state index in [-0.39, 0.29) is 11.3 Å². The van der Waals surface area contributed by atoms with Crippen LogP contribution in [-0.4, -0.2) is 27.7 Å². The molecule has 0 bridgehead atoms. The summed E-state index contributed by atoms with van der Waals surface area (Å²) in [5.41, 5.74) is 0.0449. The minimum Gasteiger partial charge on any atom is -0.478 e. The predicted octanol–water partition coefficient (Wildman–Crippen LogP) is 1.22. The molecule has 0 atom stereocenters. The maximum Gasteiger partial charge on any atom is 0.339 e.